The highest BCUT2D eigenvalue weighted by Crippen LogP contribution is 2.52. The van der Waals surface area contributed by atoms with Gasteiger partial charge in [-0.3, -0.25) is 14.4 Å². The van der Waals surface area contributed by atoms with Gasteiger partial charge in [0.1, 0.15) is 17.4 Å². The predicted molar refractivity (Wildman–Crippen MR) is 112 cm³/mol. The molecule has 0 heterocycles. The van der Waals surface area contributed by atoms with E-state index in [9.17, 15) is 34.8 Å². The van der Waals surface area contributed by atoms with Crippen molar-refractivity contribution < 1.29 is 34.8 Å². The molecule has 0 aliphatic heterocycles. The standard InChI is InChI=1S/C20H21IN2O7/c21-10-3-7(5-22)9-2-6-1-8-4-11(24)14(19(23)29)18(28)20(8,30)17(27)12(6)16(26)13(9)15(10)25/h3,6,8,11,14,24-26,30H,1-2,4-5,22H2,(H2,23,29)/t6-,8+,11?,14?,20+/m1/s1. The van der Waals surface area contributed by atoms with Crippen LogP contribution in [0, 0.1) is 21.3 Å². The second-order valence-electron chi connectivity index (χ2n) is 8.16. The second kappa shape index (κ2) is 7.01. The van der Waals surface area contributed by atoms with E-state index in [1.165, 1.54) is 0 Å². The molecule has 0 aromatic heterocycles. The van der Waals surface area contributed by atoms with Crippen molar-refractivity contribution in [1.82, 2.24) is 0 Å². The normalized spacial score (nSPS) is 33.1. The average molecular weight is 528 g/mol. The lowest BCUT2D eigenvalue weighted by Crippen LogP contribution is -2.66. The van der Waals surface area contributed by atoms with Gasteiger partial charge in [0.05, 0.1) is 15.2 Å². The topological polar surface area (TPSA) is 184 Å². The van der Waals surface area contributed by atoms with E-state index in [1.54, 1.807) is 6.07 Å². The minimum atomic E-state index is -2.56. The van der Waals surface area contributed by atoms with Gasteiger partial charge in [0.2, 0.25) is 11.7 Å². The number of phenolic OH excluding ortho intramolecular Hbond substituents is 1. The Morgan fingerprint density at radius 2 is 1.93 bits per heavy atom. The number of aliphatic hydroxyl groups excluding tert-OH is 2. The number of amides is 1. The summed E-state index contributed by atoms with van der Waals surface area (Å²) < 4.78 is 0.433. The fourth-order valence-corrected chi connectivity index (χ4v) is 5.86. The lowest BCUT2D eigenvalue weighted by molar-refractivity contribution is -0.174. The van der Waals surface area contributed by atoms with Crippen LogP contribution in [0.3, 0.4) is 0 Å². The molecule has 9 nitrogen and oxygen atoms in total. The molecule has 0 spiro atoms. The van der Waals surface area contributed by atoms with Crippen LogP contribution < -0.4 is 11.5 Å². The molecule has 1 aromatic carbocycles. The molecular formula is C20H21IN2O7. The molecule has 10 heteroatoms. The van der Waals surface area contributed by atoms with Crippen LogP contribution in [0.25, 0.3) is 5.76 Å². The zero-order chi connectivity index (χ0) is 22.1. The molecule has 3 aliphatic carbocycles. The van der Waals surface area contributed by atoms with Crippen molar-refractivity contribution in [3.63, 3.8) is 0 Å². The van der Waals surface area contributed by atoms with Crippen LogP contribution in [0.15, 0.2) is 11.6 Å². The van der Waals surface area contributed by atoms with Gasteiger partial charge in [0.25, 0.3) is 0 Å². The molecule has 3 aliphatic rings. The number of halogens is 1. The van der Waals surface area contributed by atoms with E-state index < -0.39 is 52.7 Å². The van der Waals surface area contributed by atoms with Crippen LogP contribution in [0.4, 0.5) is 0 Å². The number of rotatable bonds is 2. The van der Waals surface area contributed by atoms with Crippen LogP contribution in [0.1, 0.15) is 29.5 Å². The molecule has 1 aromatic rings. The van der Waals surface area contributed by atoms with E-state index in [0.717, 1.165) is 0 Å². The largest absolute Gasteiger partial charge is 0.507 e. The summed E-state index contributed by atoms with van der Waals surface area (Å²) in [4.78, 5) is 37.9. The zero-order valence-electron chi connectivity index (χ0n) is 15.8. The summed E-state index contributed by atoms with van der Waals surface area (Å²) in [5.74, 6) is -7.17. The fraction of sp³-hybridized carbons (Fsp3) is 0.450. The third-order valence-electron chi connectivity index (χ3n) is 6.65. The summed E-state index contributed by atoms with van der Waals surface area (Å²) in [5.41, 5.74) is 9.71. The van der Waals surface area contributed by atoms with Crippen LogP contribution in [0.2, 0.25) is 0 Å². The first-order chi connectivity index (χ1) is 14.0. The number of fused-ring (bicyclic) bond motifs is 3. The van der Waals surface area contributed by atoms with Crippen molar-refractivity contribution >= 4 is 45.8 Å². The van der Waals surface area contributed by atoms with Gasteiger partial charge in [-0.1, -0.05) is 0 Å². The Hall–Kier alpha value is -2.02. The summed E-state index contributed by atoms with van der Waals surface area (Å²) in [5, 5.41) is 42.9. The highest BCUT2D eigenvalue weighted by Gasteiger charge is 2.63. The highest BCUT2D eigenvalue weighted by atomic mass is 127. The van der Waals surface area contributed by atoms with Crippen LogP contribution >= 0.6 is 22.6 Å². The molecule has 4 rings (SSSR count). The first-order valence-corrected chi connectivity index (χ1v) is 10.6. The highest BCUT2D eigenvalue weighted by molar-refractivity contribution is 14.1. The number of aromatic hydroxyl groups is 1. The van der Waals surface area contributed by atoms with Crippen molar-refractivity contribution in [3.05, 3.63) is 31.9 Å². The molecular weight excluding hydrogens is 507 g/mol. The van der Waals surface area contributed by atoms with Crippen LogP contribution in [0.5, 0.6) is 5.75 Å². The molecule has 2 saturated carbocycles. The van der Waals surface area contributed by atoms with Crippen molar-refractivity contribution in [2.45, 2.75) is 37.5 Å². The number of hydrogen-bond acceptors (Lipinski definition) is 8. The lowest BCUT2D eigenvalue weighted by atomic mass is 9.56. The predicted octanol–water partition coefficient (Wildman–Crippen LogP) is -0.348. The first-order valence-electron chi connectivity index (χ1n) is 9.49. The Balaban J connectivity index is 1.90. The molecule has 0 bridgehead atoms. The number of carbonyl (C=O) groups is 3. The van der Waals surface area contributed by atoms with E-state index in [0.29, 0.717) is 14.7 Å². The van der Waals surface area contributed by atoms with Gasteiger partial charge in [0.15, 0.2) is 11.4 Å². The van der Waals surface area contributed by atoms with E-state index in [-0.39, 0.29) is 42.7 Å². The third-order valence-corrected chi connectivity index (χ3v) is 7.47. The summed E-state index contributed by atoms with van der Waals surface area (Å²) in [6.45, 7) is 0.159. The van der Waals surface area contributed by atoms with Gasteiger partial charge in [-0.15, -0.1) is 0 Å². The number of primary amides is 1. The van der Waals surface area contributed by atoms with Gasteiger partial charge < -0.3 is 31.9 Å². The lowest BCUT2D eigenvalue weighted by Gasteiger charge is -2.48. The number of benzene rings is 1. The molecule has 0 saturated heterocycles. The molecule has 0 radical (unpaired) electrons. The Labute approximate surface area is 184 Å². The Morgan fingerprint density at radius 1 is 1.27 bits per heavy atom. The summed E-state index contributed by atoms with van der Waals surface area (Å²) >= 11 is 1.88. The fourth-order valence-electron chi connectivity index (χ4n) is 5.22. The Kier molecular flexibility index (Phi) is 4.96. The number of nitrogens with two attached hydrogens (primary N) is 2. The number of Topliss-reactive ketones (excluding diaryl/α,β-unsaturated/α-hetero) is 2. The zero-order valence-corrected chi connectivity index (χ0v) is 17.9. The summed E-state index contributed by atoms with van der Waals surface area (Å²) in [6.07, 6.45) is -1.14. The minimum absolute atomic E-state index is 0.0683. The molecule has 8 N–H and O–H groups in total. The second-order valence-corrected chi connectivity index (χ2v) is 9.32. The number of ketones is 2. The molecule has 5 atom stereocenters. The summed E-state index contributed by atoms with van der Waals surface area (Å²) in [7, 11) is 0. The smallest absolute Gasteiger partial charge is 0.230 e. The maximum absolute atomic E-state index is 13.3. The maximum Gasteiger partial charge on any atom is 0.230 e. The Morgan fingerprint density at radius 3 is 2.53 bits per heavy atom. The molecule has 30 heavy (non-hydrogen) atoms. The SMILES string of the molecule is NCc1cc(I)c(O)c2c1C[C@H]1C[C@H]3CC(O)C(C(N)=O)C(=O)[C@@]3(O)C(=O)C1=C2O. The molecule has 1 amide bonds. The summed E-state index contributed by atoms with van der Waals surface area (Å²) in [6, 6.07) is 1.71. The number of hydrogen-bond donors (Lipinski definition) is 6. The minimum Gasteiger partial charge on any atom is -0.507 e. The van der Waals surface area contributed by atoms with Crippen molar-refractivity contribution in [2.24, 2.45) is 29.2 Å². The van der Waals surface area contributed by atoms with Crippen molar-refractivity contribution in [1.29, 1.82) is 0 Å². The molecule has 2 fully saturated rings. The van der Waals surface area contributed by atoms with Crippen LogP contribution in [-0.2, 0) is 27.3 Å². The average Bonchev–Trinajstić information content (AvgIpc) is 2.67. The monoisotopic (exact) mass is 528 g/mol. The number of carbonyl (C=O) groups excluding carboxylic acids is 3. The Bertz CT molecular complexity index is 1040. The molecule has 160 valence electrons. The number of phenols is 1. The maximum atomic E-state index is 13.3. The van der Waals surface area contributed by atoms with Gasteiger partial charge in [-0.05, 0) is 65.0 Å². The van der Waals surface area contributed by atoms with Crippen molar-refractivity contribution in [2.75, 3.05) is 0 Å². The van der Waals surface area contributed by atoms with E-state index >= 15 is 0 Å². The van der Waals surface area contributed by atoms with Gasteiger partial charge >= 0.3 is 0 Å². The van der Waals surface area contributed by atoms with Crippen molar-refractivity contribution in [3.8, 4) is 5.75 Å². The van der Waals surface area contributed by atoms with Gasteiger partial charge in [-0.2, -0.15) is 0 Å². The van der Waals surface area contributed by atoms with Crippen LogP contribution in [-0.4, -0.2) is 49.6 Å². The first kappa shape index (κ1) is 21.2. The number of aliphatic hydroxyl groups is 3. The quantitative estimate of drug-likeness (QED) is 0.222. The molecule has 2 unspecified atom stereocenters. The van der Waals surface area contributed by atoms with E-state index in [4.69, 9.17) is 11.5 Å². The van der Waals surface area contributed by atoms with Gasteiger partial charge in [0, 0.05) is 18.0 Å². The third kappa shape index (κ3) is 2.67. The van der Waals surface area contributed by atoms with Gasteiger partial charge in [-0.25, -0.2) is 0 Å². The van der Waals surface area contributed by atoms with E-state index in [2.05, 4.69) is 0 Å². The van der Waals surface area contributed by atoms with E-state index in [1.807, 2.05) is 22.6 Å².